The van der Waals surface area contributed by atoms with Crippen molar-refractivity contribution in [2.45, 2.75) is 13.5 Å². The van der Waals surface area contributed by atoms with Crippen molar-refractivity contribution in [3.05, 3.63) is 88.3 Å². The number of anilines is 1. The van der Waals surface area contributed by atoms with Crippen LogP contribution in [0.15, 0.2) is 75.9 Å². The fourth-order valence-corrected chi connectivity index (χ4v) is 4.73. The Labute approximate surface area is 198 Å². The Morgan fingerprint density at radius 3 is 2.32 bits per heavy atom. The van der Waals surface area contributed by atoms with Gasteiger partial charge in [-0.15, -0.1) is 0 Å². The standard InChI is InChI=1S/C28H28N2O4/c1-19-23-12-13-25(31)24(18-29-14-16-30(17-15-29)21-6-4-3-5-7-21)27(23)34-28(32)26(19)20-8-10-22(33-2)11-9-20/h3-13,31H,14-18H2,1-2H3. The van der Waals surface area contributed by atoms with Gasteiger partial charge in [-0.25, -0.2) is 4.79 Å². The largest absolute Gasteiger partial charge is 0.507 e. The predicted molar refractivity (Wildman–Crippen MR) is 135 cm³/mol. The van der Waals surface area contributed by atoms with Crippen LogP contribution in [0.5, 0.6) is 11.5 Å². The van der Waals surface area contributed by atoms with Gasteiger partial charge in [-0.3, -0.25) is 4.90 Å². The second-order valence-electron chi connectivity index (χ2n) is 8.66. The van der Waals surface area contributed by atoms with E-state index in [4.69, 9.17) is 9.15 Å². The molecule has 0 bridgehead atoms. The number of hydrogen-bond acceptors (Lipinski definition) is 6. The van der Waals surface area contributed by atoms with E-state index in [9.17, 15) is 9.90 Å². The van der Waals surface area contributed by atoms with Crippen molar-refractivity contribution in [3.63, 3.8) is 0 Å². The first-order chi connectivity index (χ1) is 16.5. The molecule has 1 saturated heterocycles. The van der Waals surface area contributed by atoms with E-state index in [-0.39, 0.29) is 5.75 Å². The molecule has 0 radical (unpaired) electrons. The lowest BCUT2D eigenvalue weighted by Gasteiger charge is -2.36. The van der Waals surface area contributed by atoms with Crippen molar-refractivity contribution in [1.82, 2.24) is 4.90 Å². The van der Waals surface area contributed by atoms with Gasteiger partial charge in [0.05, 0.1) is 18.2 Å². The summed E-state index contributed by atoms with van der Waals surface area (Å²) in [6, 6.07) is 21.3. The molecule has 0 spiro atoms. The molecule has 1 aliphatic heterocycles. The number of methoxy groups -OCH3 is 1. The highest BCUT2D eigenvalue weighted by molar-refractivity contribution is 5.89. The van der Waals surface area contributed by atoms with Crippen molar-refractivity contribution in [2.75, 3.05) is 38.2 Å². The van der Waals surface area contributed by atoms with Crippen molar-refractivity contribution in [1.29, 1.82) is 0 Å². The summed E-state index contributed by atoms with van der Waals surface area (Å²) in [7, 11) is 1.61. The number of hydrogen-bond donors (Lipinski definition) is 1. The summed E-state index contributed by atoms with van der Waals surface area (Å²) < 4.78 is 11.1. The highest BCUT2D eigenvalue weighted by Crippen LogP contribution is 2.34. The van der Waals surface area contributed by atoms with Crippen LogP contribution in [0.25, 0.3) is 22.1 Å². The van der Waals surface area contributed by atoms with E-state index >= 15 is 0 Å². The number of nitrogens with zero attached hydrogens (tertiary/aromatic N) is 2. The summed E-state index contributed by atoms with van der Waals surface area (Å²) in [5.74, 6) is 0.879. The highest BCUT2D eigenvalue weighted by Gasteiger charge is 2.22. The summed E-state index contributed by atoms with van der Waals surface area (Å²) in [6.45, 7) is 5.98. The average Bonchev–Trinajstić information content (AvgIpc) is 2.87. The summed E-state index contributed by atoms with van der Waals surface area (Å²) in [5.41, 5.74) is 4.09. The van der Waals surface area contributed by atoms with Gasteiger partial charge in [-0.1, -0.05) is 30.3 Å². The lowest BCUT2D eigenvalue weighted by atomic mass is 9.97. The zero-order valence-corrected chi connectivity index (χ0v) is 19.5. The van der Waals surface area contributed by atoms with Crippen LogP contribution in [0.2, 0.25) is 0 Å². The minimum atomic E-state index is -0.407. The van der Waals surface area contributed by atoms with Crippen molar-refractivity contribution in [2.24, 2.45) is 0 Å². The van der Waals surface area contributed by atoms with E-state index in [1.54, 1.807) is 13.2 Å². The summed E-state index contributed by atoms with van der Waals surface area (Å²) >= 11 is 0. The molecular formula is C28H28N2O4. The van der Waals surface area contributed by atoms with Gasteiger partial charge in [-0.2, -0.15) is 0 Å². The van der Waals surface area contributed by atoms with Gasteiger partial charge in [0.15, 0.2) is 0 Å². The van der Waals surface area contributed by atoms with Gasteiger partial charge in [0.1, 0.15) is 17.1 Å². The van der Waals surface area contributed by atoms with Crippen LogP contribution in [0.4, 0.5) is 5.69 Å². The quantitative estimate of drug-likeness (QED) is 0.435. The third-order valence-corrected chi connectivity index (χ3v) is 6.67. The van der Waals surface area contributed by atoms with E-state index in [1.807, 2.05) is 43.3 Å². The molecule has 0 atom stereocenters. The lowest BCUT2D eigenvalue weighted by molar-refractivity contribution is 0.246. The molecule has 1 fully saturated rings. The number of piperazine rings is 1. The minimum Gasteiger partial charge on any atom is -0.507 e. The van der Waals surface area contributed by atoms with Gasteiger partial charge >= 0.3 is 5.63 Å². The maximum Gasteiger partial charge on any atom is 0.344 e. The maximum atomic E-state index is 13.1. The molecule has 0 aliphatic carbocycles. The van der Waals surface area contributed by atoms with Gasteiger partial charge < -0.3 is 19.2 Å². The highest BCUT2D eigenvalue weighted by atomic mass is 16.5. The number of para-hydroxylation sites is 1. The van der Waals surface area contributed by atoms with E-state index in [0.29, 0.717) is 23.3 Å². The topological polar surface area (TPSA) is 66.2 Å². The molecule has 6 nitrogen and oxygen atoms in total. The molecule has 34 heavy (non-hydrogen) atoms. The second-order valence-corrected chi connectivity index (χ2v) is 8.66. The molecular weight excluding hydrogens is 428 g/mol. The molecule has 4 aromatic rings. The first-order valence-electron chi connectivity index (χ1n) is 11.5. The third-order valence-electron chi connectivity index (χ3n) is 6.67. The average molecular weight is 457 g/mol. The number of aromatic hydroxyl groups is 1. The van der Waals surface area contributed by atoms with Crippen LogP contribution < -0.4 is 15.3 Å². The van der Waals surface area contributed by atoms with Crippen LogP contribution >= 0.6 is 0 Å². The Bertz CT molecular complexity index is 1360. The molecule has 1 aliphatic rings. The smallest absolute Gasteiger partial charge is 0.344 e. The number of benzene rings is 3. The van der Waals surface area contributed by atoms with Crippen LogP contribution in [0.1, 0.15) is 11.1 Å². The fraction of sp³-hybridized carbons (Fsp3) is 0.250. The van der Waals surface area contributed by atoms with Crippen LogP contribution in [-0.4, -0.2) is 43.3 Å². The molecule has 6 heteroatoms. The van der Waals surface area contributed by atoms with E-state index < -0.39 is 5.63 Å². The summed E-state index contributed by atoms with van der Waals surface area (Å²) in [6.07, 6.45) is 0. The van der Waals surface area contributed by atoms with Gasteiger partial charge in [0.2, 0.25) is 0 Å². The van der Waals surface area contributed by atoms with E-state index in [2.05, 4.69) is 34.1 Å². The first-order valence-corrected chi connectivity index (χ1v) is 11.5. The Morgan fingerprint density at radius 1 is 0.941 bits per heavy atom. The number of phenolic OH excluding ortho intramolecular Hbond substituents is 1. The molecule has 1 N–H and O–H groups in total. The number of ether oxygens (including phenoxy) is 1. The summed E-state index contributed by atoms with van der Waals surface area (Å²) in [5, 5.41) is 11.5. The lowest BCUT2D eigenvalue weighted by Crippen LogP contribution is -2.46. The van der Waals surface area contributed by atoms with E-state index in [0.717, 1.165) is 48.4 Å². The monoisotopic (exact) mass is 456 g/mol. The second kappa shape index (κ2) is 9.23. The number of fused-ring (bicyclic) bond motifs is 1. The number of aryl methyl sites for hydroxylation is 1. The van der Waals surface area contributed by atoms with E-state index in [1.165, 1.54) is 5.69 Å². The Kier molecular flexibility index (Phi) is 5.99. The van der Waals surface area contributed by atoms with Crippen molar-refractivity contribution < 1.29 is 14.3 Å². The molecule has 2 heterocycles. The Morgan fingerprint density at radius 2 is 1.65 bits per heavy atom. The Hall–Kier alpha value is -3.77. The molecule has 1 aromatic heterocycles. The SMILES string of the molecule is COc1ccc(-c2c(C)c3ccc(O)c(CN4CCN(c5ccccc5)CC4)c3oc2=O)cc1. The number of phenols is 1. The molecule has 174 valence electrons. The number of rotatable bonds is 5. The third kappa shape index (κ3) is 4.13. The zero-order valence-electron chi connectivity index (χ0n) is 19.5. The molecule has 0 saturated carbocycles. The van der Waals surface area contributed by atoms with Gasteiger partial charge in [-0.05, 0) is 54.4 Å². The predicted octanol–water partition coefficient (Wildman–Crippen LogP) is 4.80. The maximum absolute atomic E-state index is 13.1. The van der Waals surface area contributed by atoms with Gasteiger partial charge in [0, 0.05) is 43.8 Å². The molecule has 3 aromatic carbocycles. The first kappa shape index (κ1) is 22.0. The van der Waals surface area contributed by atoms with Crippen molar-refractivity contribution in [3.8, 4) is 22.6 Å². The van der Waals surface area contributed by atoms with Crippen LogP contribution in [0, 0.1) is 6.92 Å². The minimum absolute atomic E-state index is 0.151. The fourth-order valence-electron chi connectivity index (χ4n) is 4.73. The van der Waals surface area contributed by atoms with Crippen LogP contribution in [0.3, 0.4) is 0 Å². The zero-order chi connectivity index (χ0) is 23.7. The molecule has 0 amide bonds. The normalized spacial score (nSPS) is 14.5. The molecule has 0 unspecified atom stereocenters. The summed E-state index contributed by atoms with van der Waals surface area (Å²) in [4.78, 5) is 17.7. The molecule has 5 rings (SSSR count). The van der Waals surface area contributed by atoms with Crippen LogP contribution in [-0.2, 0) is 6.54 Å². The Balaban J connectivity index is 1.44. The van der Waals surface area contributed by atoms with Crippen molar-refractivity contribution >= 4 is 16.7 Å². The van der Waals surface area contributed by atoms with Gasteiger partial charge in [0.25, 0.3) is 0 Å².